The molecule has 0 aliphatic heterocycles. The molecule has 0 amide bonds. The third-order valence-corrected chi connectivity index (χ3v) is 3.61. The Morgan fingerprint density at radius 1 is 1.41 bits per heavy atom. The highest BCUT2D eigenvalue weighted by Gasteiger charge is 2.29. The van der Waals surface area contributed by atoms with Gasteiger partial charge in [0.25, 0.3) is 0 Å². The van der Waals surface area contributed by atoms with Crippen LogP contribution in [0.1, 0.15) is 38.2 Å². The van der Waals surface area contributed by atoms with Gasteiger partial charge in [-0.25, -0.2) is 0 Å². The van der Waals surface area contributed by atoms with Crippen molar-refractivity contribution < 1.29 is 0 Å². The topological polar surface area (TPSA) is 12.0 Å². The van der Waals surface area contributed by atoms with E-state index in [9.17, 15) is 0 Å². The molecule has 1 nitrogen and oxygen atoms in total. The summed E-state index contributed by atoms with van der Waals surface area (Å²) < 4.78 is 0. The highest BCUT2D eigenvalue weighted by molar-refractivity contribution is 6.30. The van der Waals surface area contributed by atoms with Crippen LogP contribution in [0, 0.1) is 0 Å². The molecule has 0 radical (unpaired) electrons. The van der Waals surface area contributed by atoms with E-state index in [1.54, 1.807) is 0 Å². The quantitative estimate of drug-likeness (QED) is 0.791. The Balaban J connectivity index is 1.77. The van der Waals surface area contributed by atoms with Gasteiger partial charge in [-0.3, -0.25) is 0 Å². The van der Waals surface area contributed by atoms with Gasteiger partial charge in [0.2, 0.25) is 0 Å². The zero-order valence-corrected chi connectivity index (χ0v) is 11.3. The lowest BCUT2D eigenvalue weighted by atomic mass is 9.76. The van der Waals surface area contributed by atoms with Gasteiger partial charge in [0.05, 0.1) is 0 Å². The second-order valence-corrected chi connectivity index (χ2v) is 5.55. The number of nitrogens with one attached hydrogen (secondary N) is 1. The molecule has 0 bridgehead atoms. The molecule has 2 heteroatoms. The zero-order valence-electron chi connectivity index (χ0n) is 10.5. The first-order chi connectivity index (χ1) is 8.15. The monoisotopic (exact) mass is 249 g/mol. The zero-order chi connectivity index (χ0) is 12.3. The minimum atomic E-state index is 0.676. The maximum atomic E-state index is 6.00. The van der Waals surface area contributed by atoms with Crippen LogP contribution in [-0.4, -0.2) is 12.6 Å². The van der Waals surface area contributed by atoms with Crippen LogP contribution in [0.15, 0.2) is 35.9 Å². The Bertz CT molecular complexity index is 401. The van der Waals surface area contributed by atoms with Crippen molar-refractivity contribution >= 4 is 11.6 Å². The first-order valence-corrected chi connectivity index (χ1v) is 6.65. The van der Waals surface area contributed by atoms with E-state index in [0.717, 1.165) is 11.6 Å². The van der Waals surface area contributed by atoms with Crippen LogP contribution in [0.25, 0.3) is 0 Å². The van der Waals surface area contributed by atoms with Crippen molar-refractivity contribution in [2.24, 2.45) is 0 Å². The molecule has 0 aromatic heterocycles. The Labute approximate surface area is 109 Å². The molecule has 1 N–H and O–H groups in total. The maximum absolute atomic E-state index is 6.00. The molecule has 0 unspecified atom stereocenters. The molecule has 1 aliphatic rings. The summed E-state index contributed by atoms with van der Waals surface area (Å²) in [4.78, 5) is 0. The lowest BCUT2D eigenvalue weighted by Crippen LogP contribution is -2.40. The number of benzene rings is 1. The third-order valence-electron chi connectivity index (χ3n) is 3.37. The molecule has 92 valence electrons. The van der Waals surface area contributed by atoms with Crippen LogP contribution < -0.4 is 5.32 Å². The molecule has 1 aromatic carbocycles. The SMILES string of the molecule is CC(C)=CCNC1CC(c2cccc(Cl)c2)C1. The third kappa shape index (κ3) is 3.58. The average molecular weight is 250 g/mol. The fourth-order valence-electron chi connectivity index (χ4n) is 2.25. The number of hydrogen-bond acceptors (Lipinski definition) is 1. The fraction of sp³-hybridized carbons (Fsp3) is 0.467. The van der Waals surface area contributed by atoms with E-state index >= 15 is 0 Å². The van der Waals surface area contributed by atoms with Crippen LogP contribution in [0.4, 0.5) is 0 Å². The summed E-state index contributed by atoms with van der Waals surface area (Å²) in [6, 6.07) is 8.94. The Hall–Kier alpha value is -0.790. The predicted molar refractivity (Wildman–Crippen MR) is 74.6 cm³/mol. The van der Waals surface area contributed by atoms with Crippen LogP contribution >= 0.6 is 11.6 Å². The van der Waals surface area contributed by atoms with Gasteiger partial charge in [-0.15, -0.1) is 0 Å². The summed E-state index contributed by atoms with van der Waals surface area (Å²) in [7, 11) is 0. The highest BCUT2D eigenvalue weighted by Crippen LogP contribution is 2.37. The molecule has 1 aliphatic carbocycles. The van der Waals surface area contributed by atoms with E-state index < -0.39 is 0 Å². The number of allylic oxidation sites excluding steroid dienone is 1. The van der Waals surface area contributed by atoms with Crippen LogP contribution in [0.2, 0.25) is 5.02 Å². The summed E-state index contributed by atoms with van der Waals surface area (Å²) in [5.41, 5.74) is 2.76. The Morgan fingerprint density at radius 2 is 2.18 bits per heavy atom. The summed E-state index contributed by atoms with van der Waals surface area (Å²) >= 11 is 6.00. The van der Waals surface area contributed by atoms with Crippen LogP contribution in [0.3, 0.4) is 0 Å². The largest absolute Gasteiger partial charge is 0.310 e. The summed E-state index contributed by atoms with van der Waals surface area (Å²) in [5, 5.41) is 4.41. The molecular formula is C15H20ClN. The molecule has 0 spiro atoms. The number of halogens is 1. The van der Waals surface area contributed by atoms with E-state index in [4.69, 9.17) is 11.6 Å². The van der Waals surface area contributed by atoms with Gasteiger partial charge in [-0.05, 0) is 50.3 Å². The molecule has 1 aromatic rings. The van der Waals surface area contributed by atoms with Gasteiger partial charge >= 0.3 is 0 Å². The van der Waals surface area contributed by atoms with Crippen molar-refractivity contribution in [3.05, 3.63) is 46.5 Å². The van der Waals surface area contributed by atoms with Gasteiger partial charge in [0.15, 0.2) is 0 Å². The van der Waals surface area contributed by atoms with E-state index in [1.165, 1.54) is 24.0 Å². The highest BCUT2D eigenvalue weighted by atomic mass is 35.5. The molecule has 0 saturated heterocycles. The van der Waals surface area contributed by atoms with Crippen molar-refractivity contribution in [1.82, 2.24) is 5.32 Å². The predicted octanol–water partition coefficient (Wildman–Crippen LogP) is 4.14. The van der Waals surface area contributed by atoms with Gasteiger partial charge in [0.1, 0.15) is 0 Å². The van der Waals surface area contributed by atoms with Crippen molar-refractivity contribution in [3.63, 3.8) is 0 Å². The lowest BCUT2D eigenvalue weighted by molar-refractivity contribution is 0.299. The summed E-state index contributed by atoms with van der Waals surface area (Å²) in [6.45, 7) is 5.27. The Kier molecular flexibility index (Phi) is 4.25. The first kappa shape index (κ1) is 12.7. The molecular weight excluding hydrogens is 230 g/mol. The average Bonchev–Trinajstić information content (AvgIpc) is 2.21. The van der Waals surface area contributed by atoms with Crippen molar-refractivity contribution in [2.45, 2.75) is 38.6 Å². The van der Waals surface area contributed by atoms with E-state index in [1.807, 2.05) is 12.1 Å². The number of rotatable bonds is 4. The second kappa shape index (κ2) is 5.70. The number of hydrogen-bond donors (Lipinski definition) is 1. The van der Waals surface area contributed by atoms with Gasteiger partial charge < -0.3 is 5.32 Å². The molecule has 1 saturated carbocycles. The molecule has 1 fully saturated rings. The molecule has 0 heterocycles. The minimum absolute atomic E-state index is 0.676. The molecule has 2 rings (SSSR count). The van der Waals surface area contributed by atoms with Crippen LogP contribution in [0.5, 0.6) is 0 Å². The van der Waals surface area contributed by atoms with Gasteiger partial charge in [-0.1, -0.05) is 35.4 Å². The summed E-state index contributed by atoms with van der Waals surface area (Å²) in [6.07, 6.45) is 4.71. The smallest absolute Gasteiger partial charge is 0.0408 e. The second-order valence-electron chi connectivity index (χ2n) is 5.11. The van der Waals surface area contributed by atoms with Gasteiger partial charge in [0, 0.05) is 17.6 Å². The fourth-order valence-corrected chi connectivity index (χ4v) is 2.45. The standard InChI is InChI=1S/C15H20ClN/c1-11(2)6-7-17-15-9-13(10-15)12-4-3-5-14(16)8-12/h3-6,8,13,15,17H,7,9-10H2,1-2H3. The maximum Gasteiger partial charge on any atom is 0.0408 e. The van der Waals surface area contributed by atoms with Crippen LogP contribution in [-0.2, 0) is 0 Å². The molecule has 0 atom stereocenters. The van der Waals surface area contributed by atoms with Crippen molar-refractivity contribution in [2.75, 3.05) is 6.54 Å². The Morgan fingerprint density at radius 3 is 2.82 bits per heavy atom. The minimum Gasteiger partial charge on any atom is -0.310 e. The van der Waals surface area contributed by atoms with E-state index in [-0.39, 0.29) is 0 Å². The van der Waals surface area contributed by atoms with E-state index in [0.29, 0.717) is 12.0 Å². The first-order valence-electron chi connectivity index (χ1n) is 6.27. The molecule has 17 heavy (non-hydrogen) atoms. The lowest BCUT2D eigenvalue weighted by Gasteiger charge is -2.36. The van der Waals surface area contributed by atoms with Crippen molar-refractivity contribution in [3.8, 4) is 0 Å². The van der Waals surface area contributed by atoms with Gasteiger partial charge in [-0.2, -0.15) is 0 Å². The normalized spacial score (nSPS) is 23.0. The van der Waals surface area contributed by atoms with Crippen molar-refractivity contribution in [1.29, 1.82) is 0 Å². The van der Waals surface area contributed by atoms with E-state index in [2.05, 4.69) is 37.4 Å². The summed E-state index contributed by atoms with van der Waals surface area (Å²) in [5.74, 6) is 0.693.